The van der Waals surface area contributed by atoms with Gasteiger partial charge in [-0.3, -0.25) is 0 Å². The Hall–Kier alpha value is -2.26. The van der Waals surface area contributed by atoms with Crippen molar-refractivity contribution in [1.29, 1.82) is 0 Å². The Morgan fingerprint density at radius 2 is 1.92 bits per heavy atom. The molecule has 0 fully saturated rings. The fourth-order valence-corrected chi connectivity index (χ4v) is 4.42. The van der Waals surface area contributed by atoms with Crippen molar-refractivity contribution in [2.45, 2.75) is 38.1 Å². The largest absolute Gasteiger partial charge is 0.358 e. The quantitative estimate of drug-likeness (QED) is 0.660. The number of rotatable bonds is 2. The summed E-state index contributed by atoms with van der Waals surface area (Å²) in [7, 11) is 0. The van der Waals surface area contributed by atoms with E-state index in [2.05, 4.69) is 39.8 Å². The smallest absolute Gasteiger partial charge is 0.0760 e. The lowest BCUT2D eigenvalue weighted by Gasteiger charge is -2.11. The average Bonchev–Trinajstić information content (AvgIpc) is 3.26. The topological polar surface area (TPSA) is 40.2 Å². The van der Waals surface area contributed by atoms with Gasteiger partial charge in [-0.15, -0.1) is 0 Å². The zero-order valence-electron chi connectivity index (χ0n) is 14.0. The van der Waals surface area contributed by atoms with Crippen molar-refractivity contribution in [2.75, 3.05) is 0 Å². The number of fused-ring (bicyclic) bond motifs is 3. The summed E-state index contributed by atoms with van der Waals surface area (Å²) >= 11 is 6.34. The minimum absolute atomic E-state index is 0.149. The van der Waals surface area contributed by atoms with Crippen LogP contribution in [0.3, 0.4) is 0 Å². The van der Waals surface area contributed by atoms with Crippen LogP contribution in [-0.2, 0) is 12.8 Å². The van der Waals surface area contributed by atoms with Crippen molar-refractivity contribution in [1.82, 2.24) is 10.4 Å². The van der Waals surface area contributed by atoms with Gasteiger partial charge in [0.1, 0.15) is 0 Å². The summed E-state index contributed by atoms with van der Waals surface area (Å²) < 4.78 is 0. The van der Waals surface area contributed by atoms with E-state index in [0.29, 0.717) is 0 Å². The van der Waals surface area contributed by atoms with Crippen LogP contribution in [0.4, 0.5) is 0 Å². The van der Waals surface area contributed by atoms with E-state index in [1.54, 1.807) is 0 Å². The molecular formula is C21H20ClN3. The molecule has 1 unspecified atom stereocenters. The molecule has 4 heteroatoms. The van der Waals surface area contributed by atoms with Crippen LogP contribution in [0.2, 0.25) is 5.02 Å². The number of hydrazone groups is 1. The number of aryl methyl sites for hydroxylation is 2. The van der Waals surface area contributed by atoms with Gasteiger partial charge in [-0.1, -0.05) is 41.9 Å². The van der Waals surface area contributed by atoms with Crippen molar-refractivity contribution >= 4 is 28.2 Å². The van der Waals surface area contributed by atoms with Crippen molar-refractivity contribution in [3.63, 3.8) is 0 Å². The first-order valence-corrected chi connectivity index (χ1v) is 9.38. The molecular weight excluding hydrogens is 330 g/mol. The van der Waals surface area contributed by atoms with Gasteiger partial charge in [0.2, 0.25) is 0 Å². The third-order valence-corrected chi connectivity index (χ3v) is 5.81. The fraction of sp³-hybridized carbons (Fsp3) is 0.286. The molecule has 1 aliphatic carbocycles. The number of benzene rings is 2. The summed E-state index contributed by atoms with van der Waals surface area (Å²) in [6.07, 6.45) is 5.83. The van der Waals surface area contributed by atoms with Crippen molar-refractivity contribution in [3.8, 4) is 0 Å². The third-order valence-electron chi connectivity index (χ3n) is 5.46. The number of aromatic amines is 1. The van der Waals surface area contributed by atoms with Gasteiger partial charge >= 0.3 is 0 Å². The highest BCUT2D eigenvalue weighted by Gasteiger charge is 2.23. The maximum absolute atomic E-state index is 6.34. The van der Waals surface area contributed by atoms with E-state index in [9.17, 15) is 0 Å². The van der Waals surface area contributed by atoms with Crippen molar-refractivity contribution in [3.05, 3.63) is 69.9 Å². The summed E-state index contributed by atoms with van der Waals surface area (Å²) in [5, 5.41) is 6.77. The lowest BCUT2D eigenvalue weighted by molar-refractivity contribution is 0.620. The molecule has 0 radical (unpaired) electrons. The standard InChI is InChI=1S/C21H20ClN3/c22-17-7-3-1-6-16(17)21-12-19(24-25-21)13-9-10-15-14-5-2-4-8-18(14)23-20(15)11-13/h1,3,6-7,9-11,21,23,25H,2,4-5,8,12H2. The number of hydrogen-bond acceptors (Lipinski definition) is 2. The highest BCUT2D eigenvalue weighted by molar-refractivity contribution is 6.31. The first kappa shape index (κ1) is 15.0. The Morgan fingerprint density at radius 1 is 1.04 bits per heavy atom. The summed E-state index contributed by atoms with van der Waals surface area (Å²) in [4.78, 5) is 3.64. The number of hydrogen-bond donors (Lipinski definition) is 2. The molecule has 3 nitrogen and oxygen atoms in total. The second-order valence-corrected chi connectivity index (χ2v) is 7.42. The van der Waals surface area contributed by atoms with Crippen LogP contribution in [-0.4, -0.2) is 10.7 Å². The molecule has 2 heterocycles. The molecule has 1 atom stereocenters. The monoisotopic (exact) mass is 349 g/mol. The second kappa shape index (κ2) is 5.92. The van der Waals surface area contributed by atoms with Gasteiger partial charge in [0.25, 0.3) is 0 Å². The van der Waals surface area contributed by atoms with Gasteiger partial charge in [0.15, 0.2) is 0 Å². The van der Waals surface area contributed by atoms with Crippen LogP contribution < -0.4 is 5.43 Å². The van der Waals surface area contributed by atoms with Crippen LogP contribution in [0.15, 0.2) is 47.6 Å². The van der Waals surface area contributed by atoms with Crippen LogP contribution in [0.25, 0.3) is 10.9 Å². The van der Waals surface area contributed by atoms with Crippen LogP contribution >= 0.6 is 11.6 Å². The zero-order chi connectivity index (χ0) is 16.8. The number of nitrogens with one attached hydrogen (secondary N) is 2. The Bertz CT molecular complexity index is 986. The normalized spacial score (nSPS) is 19.6. The van der Waals surface area contributed by atoms with E-state index < -0.39 is 0 Å². The first-order chi connectivity index (χ1) is 12.3. The molecule has 2 N–H and O–H groups in total. The third kappa shape index (κ3) is 2.54. The molecule has 1 aromatic heterocycles. The van der Waals surface area contributed by atoms with Crippen molar-refractivity contribution in [2.24, 2.45) is 5.10 Å². The minimum Gasteiger partial charge on any atom is -0.358 e. The van der Waals surface area contributed by atoms with E-state index in [1.807, 2.05) is 18.2 Å². The van der Waals surface area contributed by atoms with Gasteiger partial charge in [-0.05, 0) is 54.5 Å². The molecule has 2 aliphatic rings. The number of halogens is 1. The maximum Gasteiger partial charge on any atom is 0.0760 e. The summed E-state index contributed by atoms with van der Waals surface area (Å²) in [6.45, 7) is 0. The first-order valence-electron chi connectivity index (χ1n) is 9.00. The SMILES string of the molecule is Clc1ccccc1C1CC(c2ccc3c4c([nH]c3c2)CCCC4)=NN1. The van der Waals surface area contributed by atoms with E-state index in [-0.39, 0.29) is 6.04 Å². The summed E-state index contributed by atoms with van der Waals surface area (Å²) in [5.41, 5.74) is 10.8. The van der Waals surface area contributed by atoms with Gasteiger partial charge in [-0.25, -0.2) is 0 Å². The lowest BCUT2D eigenvalue weighted by atomic mass is 9.94. The molecule has 5 rings (SSSR count). The van der Waals surface area contributed by atoms with E-state index in [1.165, 1.54) is 53.4 Å². The second-order valence-electron chi connectivity index (χ2n) is 7.02. The minimum atomic E-state index is 0.149. The summed E-state index contributed by atoms with van der Waals surface area (Å²) in [6, 6.07) is 14.9. The maximum atomic E-state index is 6.34. The Labute approximate surface area is 152 Å². The molecule has 0 saturated carbocycles. The van der Waals surface area contributed by atoms with E-state index in [0.717, 1.165) is 22.7 Å². The molecule has 25 heavy (non-hydrogen) atoms. The van der Waals surface area contributed by atoms with Gasteiger partial charge in [0.05, 0.1) is 11.8 Å². The molecule has 3 aromatic rings. The lowest BCUT2D eigenvalue weighted by Crippen LogP contribution is -2.10. The van der Waals surface area contributed by atoms with Gasteiger partial charge < -0.3 is 10.4 Å². The highest BCUT2D eigenvalue weighted by Crippen LogP contribution is 2.32. The van der Waals surface area contributed by atoms with Crippen LogP contribution in [0.5, 0.6) is 0 Å². The van der Waals surface area contributed by atoms with Gasteiger partial charge in [-0.2, -0.15) is 5.10 Å². The predicted octanol–water partition coefficient (Wildman–Crippen LogP) is 5.14. The predicted molar refractivity (Wildman–Crippen MR) is 103 cm³/mol. The molecule has 0 saturated heterocycles. The Morgan fingerprint density at radius 3 is 2.84 bits per heavy atom. The number of H-pyrrole nitrogens is 1. The zero-order valence-corrected chi connectivity index (χ0v) is 14.7. The summed E-state index contributed by atoms with van der Waals surface area (Å²) in [5.74, 6) is 0. The number of aromatic nitrogens is 1. The fourth-order valence-electron chi connectivity index (χ4n) is 4.15. The Kier molecular flexibility index (Phi) is 3.56. The Balaban J connectivity index is 1.45. The van der Waals surface area contributed by atoms with E-state index >= 15 is 0 Å². The van der Waals surface area contributed by atoms with Crippen LogP contribution in [0.1, 0.15) is 47.7 Å². The number of nitrogens with zero attached hydrogens (tertiary/aromatic N) is 1. The highest BCUT2D eigenvalue weighted by atomic mass is 35.5. The van der Waals surface area contributed by atoms with E-state index in [4.69, 9.17) is 11.6 Å². The molecule has 0 spiro atoms. The molecule has 0 bridgehead atoms. The average molecular weight is 350 g/mol. The molecule has 2 aromatic carbocycles. The van der Waals surface area contributed by atoms with Crippen molar-refractivity contribution < 1.29 is 0 Å². The molecule has 0 amide bonds. The molecule has 1 aliphatic heterocycles. The van der Waals surface area contributed by atoms with Gasteiger partial charge in [0, 0.05) is 28.0 Å². The molecule has 126 valence electrons. The van der Waals surface area contributed by atoms with Crippen LogP contribution in [0, 0.1) is 0 Å².